The van der Waals surface area contributed by atoms with Crippen LogP contribution >= 0.6 is 84.7 Å². The molecule has 0 bridgehead atoms. The Kier molecular flexibility index (Phi) is 16.6. The second-order valence-corrected chi connectivity index (χ2v) is 24.9. The minimum atomic E-state index is -1.11. The van der Waals surface area contributed by atoms with Crippen LogP contribution in [0.3, 0.4) is 0 Å². The van der Waals surface area contributed by atoms with Gasteiger partial charge in [0, 0.05) is 49.2 Å². The quantitative estimate of drug-likeness (QED) is 0.150. The minimum Gasteiger partial charge on any atom is -0.496 e. The number of thiazole rings is 3. The number of methoxy groups -OCH3 is 2. The number of aromatic nitrogens is 3. The molecule has 11 rings (SSSR count). The number of carbonyl (C=O) groups is 1. The second kappa shape index (κ2) is 23.0. The first-order valence-corrected chi connectivity index (χ1v) is 28.5. The SMILES string of the molecule is COc1c(C)cc2nc(Br)sc2c1-c1ccc(Cl)cc1.COc1c(C)cc2nc(C#CC3CC3)sc2c1-c1ccc(Cl)cc1.Cc1cc2nc(C#CC3CC3)sc2c(-c2ccc(Cl)cc2)c1[C@H](OC(C)(C)C)C(=O)O. The van der Waals surface area contributed by atoms with Crippen molar-refractivity contribution in [3.8, 4) is 68.6 Å². The molecule has 3 heterocycles. The molecule has 8 nitrogen and oxygen atoms in total. The maximum Gasteiger partial charge on any atom is 0.337 e. The van der Waals surface area contributed by atoms with E-state index in [-0.39, 0.29) is 0 Å². The highest BCUT2D eigenvalue weighted by atomic mass is 79.9. The van der Waals surface area contributed by atoms with Crippen molar-refractivity contribution in [1.82, 2.24) is 15.0 Å². The third-order valence-electron chi connectivity index (χ3n) is 12.2. The first kappa shape index (κ1) is 54.3. The molecule has 2 aliphatic carbocycles. The number of hydrogen-bond donors (Lipinski definition) is 1. The topological polar surface area (TPSA) is 104 Å². The number of rotatable bonds is 8. The molecule has 382 valence electrons. The van der Waals surface area contributed by atoms with E-state index in [0.29, 0.717) is 22.4 Å². The van der Waals surface area contributed by atoms with Gasteiger partial charge in [-0.15, -0.1) is 34.0 Å². The Morgan fingerprint density at radius 3 is 1.37 bits per heavy atom. The number of carboxylic acids is 1. The Morgan fingerprint density at radius 2 is 0.987 bits per heavy atom. The van der Waals surface area contributed by atoms with Gasteiger partial charge < -0.3 is 19.3 Å². The van der Waals surface area contributed by atoms with Gasteiger partial charge in [-0.05, 0) is 183 Å². The van der Waals surface area contributed by atoms with Crippen molar-refractivity contribution in [3.63, 3.8) is 0 Å². The fourth-order valence-electron chi connectivity index (χ4n) is 8.54. The van der Waals surface area contributed by atoms with Crippen molar-refractivity contribution in [2.45, 2.75) is 78.9 Å². The van der Waals surface area contributed by atoms with Gasteiger partial charge in [-0.3, -0.25) is 0 Å². The number of hydrogen-bond acceptors (Lipinski definition) is 10. The van der Waals surface area contributed by atoms with Gasteiger partial charge in [0.05, 0.1) is 50.5 Å². The molecule has 0 radical (unpaired) electrons. The van der Waals surface area contributed by atoms with E-state index in [1.165, 1.54) is 24.2 Å². The van der Waals surface area contributed by atoms with E-state index in [1.807, 2.05) is 120 Å². The fourth-order valence-corrected chi connectivity index (χ4v) is 12.4. The molecular formula is C60H51BrCl3N3O5S3. The summed E-state index contributed by atoms with van der Waals surface area (Å²) in [6.45, 7) is 11.6. The molecule has 3 aromatic heterocycles. The molecule has 2 saturated carbocycles. The average Bonchev–Trinajstić information content (AvgIpc) is 4.28. The van der Waals surface area contributed by atoms with Crippen LogP contribution in [0, 0.1) is 56.3 Å². The van der Waals surface area contributed by atoms with Gasteiger partial charge >= 0.3 is 5.97 Å². The molecule has 1 N–H and O–H groups in total. The van der Waals surface area contributed by atoms with E-state index >= 15 is 0 Å². The Labute approximate surface area is 472 Å². The first-order valence-electron chi connectivity index (χ1n) is 24.1. The molecule has 0 amide bonds. The zero-order valence-electron chi connectivity index (χ0n) is 42.4. The van der Waals surface area contributed by atoms with Crippen LogP contribution < -0.4 is 9.47 Å². The van der Waals surface area contributed by atoms with Crippen LogP contribution in [0.15, 0.2) is 94.9 Å². The summed E-state index contributed by atoms with van der Waals surface area (Å²) >= 11 is 26.3. The summed E-state index contributed by atoms with van der Waals surface area (Å²) in [7, 11) is 3.41. The van der Waals surface area contributed by atoms with E-state index in [4.69, 9.17) is 59.0 Å². The second-order valence-electron chi connectivity index (χ2n) is 19.3. The van der Waals surface area contributed by atoms with Crippen molar-refractivity contribution in [3.05, 3.63) is 142 Å². The van der Waals surface area contributed by atoms with Gasteiger partial charge in [0.15, 0.2) is 20.0 Å². The predicted molar refractivity (Wildman–Crippen MR) is 316 cm³/mol. The van der Waals surface area contributed by atoms with Crippen molar-refractivity contribution in [2.75, 3.05) is 14.2 Å². The number of fused-ring (bicyclic) bond motifs is 3. The Hall–Kier alpha value is -5.51. The molecule has 0 aliphatic heterocycles. The minimum absolute atomic E-state index is 0.483. The number of halogens is 4. The summed E-state index contributed by atoms with van der Waals surface area (Å²) in [5.74, 6) is 14.8. The summed E-state index contributed by atoms with van der Waals surface area (Å²) in [4.78, 5) is 26.3. The lowest BCUT2D eigenvalue weighted by Crippen LogP contribution is -2.28. The van der Waals surface area contributed by atoms with Gasteiger partial charge in [0.25, 0.3) is 0 Å². The summed E-state index contributed by atoms with van der Waals surface area (Å²) in [6, 6.07) is 29.1. The lowest BCUT2D eigenvalue weighted by molar-refractivity contribution is -0.160. The largest absolute Gasteiger partial charge is 0.496 e. The number of ether oxygens (including phenoxy) is 3. The highest BCUT2D eigenvalue weighted by Crippen LogP contribution is 2.46. The fraction of sp³-hybridized carbons (Fsp3) is 0.267. The zero-order valence-corrected chi connectivity index (χ0v) is 48.7. The van der Waals surface area contributed by atoms with Crippen LogP contribution in [0.2, 0.25) is 15.1 Å². The van der Waals surface area contributed by atoms with Crippen molar-refractivity contribution < 1.29 is 24.1 Å². The summed E-state index contributed by atoms with van der Waals surface area (Å²) in [6.07, 6.45) is 3.64. The van der Waals surface area contributed by atoms with Gasteiger partial charge in [0.1, 0.15) is 11.5 Å². The van der Waals surface area contributed by atoms with E-state index in [1.54, 1.807) is 36.9 Å². The van der Waals surface area contributed by atoms with Gasteiger partial charge in [-0.25, -0.2) is 19.7 Å². The van der Waals surface area contributed by atoms with Crippen LogP contribution in [-0.2, 0) is 9.53 Å². The number of aryl methyl sites for hydroxylation is 3. The molecular weight excluding hydrogens is 1130 g/mol. The van der Waals surface area contributed by atoms with Gasteiger partial charge in [-0.1, -0.05) is 83.0 Å². The highest BCUT2D eigenvalue weighted by molar-refractivity contribution is 9.11. The monoisotopic (exact) mass is 1170 g/mol. The molecule has 0 saturated heterocycles. The van der Waals surface area contributed by atoms with Crippen LogP contribution in [0.5, 0.6) is 11.5 Å². The molecule has 2 aliphatic rings. The number of benzene rings is 6. The highest BCUT2D eigenvalue weighted by Gasteiger charge is 2.32. The van der Waals surface area contributed by atoms with E-state index in [9.17, 15) is 9.90 Å². The average molecular weight is 1180 g/mol. The normalized spacial score (nSPS) is 13.4. The van der Waals surface area contributed by atoms with E-state index < -0.39 is 17.7 Å². The van der Waals surface area contributed by atoms with E-state index in [0.717, 1.165) is 129 Å². The van der Waals surface area contributed by atoms with Crippen LogP contribution in [0.4, 0.5) is 0 Å². The molecule has 75 heavy (non-hydrogen) atoms. The molecule has 15 heteroatoms. The lowest BCUT2D eigenvalue weighted by Gasteiger charge is -2.28. The van der Waals surface area contributed by atoms with Crippen LogP contribution in [-0.4, -0.2) is 45.8 Å². The molecule has 6 aromatic carbocycles. The molecule has 9 aromatic rings. The smallest absolute Gasteiger partial charge is 0.337 e. The molecule has 1 atom stereocenters. The van der Waals surface area contributed by atoms with E-state index in [2.05, 4.69) is 56.7 Å². The summed E-state index contributed by atoms with van der Waals surface area (Å²) < 4.78 is 21.3. The Morgan fingerprint density at radius 1 is 0.613 bits per heavy atom. The molecule has 0 unspecified atom stereocenters. The number of carboxylic acid groups (broad SMARTS) is 1. The van der Waals surface area contributed by atoms with Gasteiger partial charge in [-0.2, -0.15) is 0 Å². The van der Waals surface area contributed by atoms with Crippen molar-refractivity contribution in [2.24, 2.45) is 11.8 Å². The first-order chi connectivity index (χ1) is 35.9. The summed E-state index contributed by atoms with van der Waals surface area (Å²) in [5, 5.41) is 13.8. The standard InChI is InChI=1S/C25H24ClNO3S.C20H16ClNOS.C15H11BrClNOS/c1-14-13-18-23(31-19(27-18)12-7-15-5-6-15)21(16-8-10-17(26)11-9-16)20(14)22(24(28)29)30-25(2,3)4;1-12-11-16-20(24-17(22-16)10-5-13-3-4-13)18(19(12)23-2)14-6-8-15(21)9-7-14;1-8-7-11-14(20-15(16)18-11)12(13(8)19-2)9-3-5-10(17)6-4-9/h8-11,13,15,22H,5-6H2,1-4H3,(H,28,29);6-9,11,13H,3-4H2,1-2H3;3-7H,1-2H3/t22-;;/m0../s1. The number of aliphatic carboxylic acids is 1. The number of nitrogens with zero attached hydrogens (tertiary/aromatic N) is 3. The Balaban J connectivity index is 0.000000141. The van der Waals surface area contributed by atoms with Crippen LogP contribution in [0.1, 0.15) is 84.8 Å². The molecule has 0 spiro atoms. The lowest BCUT2D eigenvalue weighted by atomic mass is 9.91. The third kappa shape index (κ3) is 12.9. The van der Waals surface area contributed by atoms with Gasteiger partial charge in [0.2, 0.25) is 0 Å². The summed E-state index contributed by atoms with van der Waals surface area (Å²) in [5.41, 5.74) is 11.7. The van der Waals surface area contributed by atoms with Crippen molar-refractivity contribution >= 4 is 121 Å². The van der Waals surface area contributed by atoms with Crippen molar-refractivity contribution in [1.29, 1.82) is 0 Å². The zero-order chi connectivity index (χ0) is 53.3. The predicted octanol–water partition coefficient (Wildman–Crippen LogP) is 18.0. The Bertz CT molecular complexity index is 3740. The third-order valence-corrected chi connectivity index (χ3v) is 16.5. The maximum absolute atomic E-state index is 12.3. The maximum atomic E-state index is 12.3. The molecule has 2 fully saturated rings. The van der Waals surface area contributed by atoms with Crippen LogP contribution in [0.25, 0.3) is 64.0 Å².